The maximum atomic E-state index is 8.59. The average Bonchev–Trinajstić information content (AvgIpc) is 2.48. The molecule has 0 aliphatic heterocycles. The van der Waals surface area contributed by atoms with Gasteiger partial charge in [-0.15, -0.1) is 0 Å². The summed E-state index contributed by atoms with van der Waals surface area (Å²) in [6.07, 6.45) is 0. The Kier molecular flexibility index (Phi) is 4.63. The van der Waals surface area contributed by atoms with E-state index < -0.39 is 0 Å². The van der Waals surface area contributed by atoms with E-state index in [1.807, 2.05) is 37.3 Å². The molecule has 104 valence electrons. The van der Waals surface area contributed by atoms with Crippen LogP contribution >= 0.6 is 15.9 Å². The molecule has 0 saturated heterocycles. The molecule has 20 heavy (non-hydrogen) atoms. The maximum Gasteiger partial charge on any atom is 0.170 e. The number of nitrogens with zero attached hydrogens (tertiary/aromatic N) is 1. The van der Waals surface area contributed by atoms with Crippen molar-refractivity contribution >= 4 is 21.8 Å². The number of aryl methyl sites for hydroxylation is 1. The van der Waals surface area contributed by atoms with E-state index in [1.165, 1.54) is 0 Å². The maximum absolute atomic E-state index is 8.59. The number of benzene rings is 2. The zero-order valence-corrected chi connectivity index (χ0v) is 12.6. The van der Waals surface area contributed by atoms with Gasteiger partial charge < -0.3 is 15.7 Å². The standard InChI is InChI=1S/C15H15BrN2O2/c1-10-8-13(6-7-14(10)16)20-9-11-2-4-12(5-3-11)15(17)18-19/h2-8,19H,9H2,1H3,(H2,17,18). The minimum Gasteiger partial charge on any atom is -0.489 e. The molecule has 0 fully saturated rings. The zero-order chi connectivity index (χ0) is 14.5. The molecule has 0 aliphatic carbocycles. The molecule has 0 atom stereocenters. The summed E-state index contributed by atoms with van der Waals surface area (Å²) in [7, 11) is 0. The number of ether oxygens (including phenoxy) is 1. The third-order valence-corrected chi connectivity index (χ3v) is 3.78. The van der Waals surface area contributed by atoms with Gasteiger partial charge in [-0.2, -0.15) is 0 Å². The fourth-order valence-electron chi connectivity index (χ4n) is 1.70. The minimum atomic E-state index is 0.0982. The molecular formula is C15H15BrN2O2. The third kappa shape index (κ3) is 3.51. The topological polar surface area (TPSA) is 67.8 Å². The molecule has 2 aromatic carbocycles. The zero-order valence-electron chi connectivity index (χ0n) is 11.0. The molecule has 0 heterocycles. The molecule has 0 radical (unpaired) electrons. The first-order valence-electron chi connectivity index (χ1n) is 6.06. The number of rotatable bonds is 4. The molecule has 2 rings (SSSR count). The molecule has 5 heteroatoms. The molecule has 2 aromatic rings. The van der Waals surface area contributed by atoms with E-state index in [9.17, 15) is 0 Å². The van der Waals surface area contributed by atoms with Gasteiger partial charge in [-0.05, 0) is 36.2 Å². The summed E-state index contributed by atoms with van der Waals surface area (Å²) in [6.45, 7) is 2.49. The first kappa shape index (κ1) is 14.4. The lowest BCUT2D eigenvalue weighted by Crippen LogP contribution is -2.12. The lowest BCUT2D eigenvalue weighted by atomic mass is 10.1. The summed E-state index contributed by atoms with van der Waals surface area (Å²) in [4.78, 5) is 0. The van der Waals surface area contributed by atoms with E-state index in [0.717, 1.165) is 21.3 Å². The van der Waals surface area contributed by atoms with Gasteiger partial charge in [-0.25, -0.2) is 0 Å². The molecule has 0 amide bonds. The highest BCUT2D eigenvalue weighted by Crippen LogP contribution is 2.22. The van der Waals surface area contributed by atoms with Crippen LogP contribution in [0.2, 0.25) is 0 Å². The molecule has 0 unspecified atom stereocenters. The van der Waals surface area contributed by atoms with E-state index in [0.29, 0.717) is 12.2 Å². The Morgan fingerprint density at radius 1 is 1.25 bits per heavy atom. The number of nitrogens with two attached hydrogens (primary N) is 1. The molecule has 3 N–H and O–H groups in total. The molecule has 0 spiro atoms. The second-order valence-corrected chi connectivity index (χ2v) is 5.24. The molecular weight excluding hydrogens is 320 g/mol. The van der Waals surface area contributed by atoms with Crippen LogP contribution in [0.1, 0.15) is 16.7 Å². The number of halogens is 1. The van der Waals surface area contributed by atoms with Crippen molar-refractivity contribution in [3.05, 3.63) is 63.6 Å². The Morgan fingerprint density at radius 2 is 1.95 bits per heavy atom. The van der Waals surface area contributed by atoms with Crippen LogP contribution in [0.4, 0.5) is 0 Å². The average molecular weight is 335 g/mol. The van der Waals surface area contributed by atoms with Crippen LogP contribution in [0.3, 0.4) is 0 Å². The number of hydrogen-bond acceptors (Lipinski definition) is 3. The number of amidine groups is 1. The van der Waals surface area contributed by atoms with Crippen LogP contribution < -0.4 is 10.5 Å². The van der Waals surface area contributed by atoms with Gasteiger partial charge in [-0.3, -0.25) is 0 Å². The fraction of sp³-hybridized carbons (Fsp3) is 0.133. The molecule has 0 aromatic heterocycles. The van der Waals surface area contributed by atoms with Crippen LogP contribution in [0, 0.1) is 6.92 Å². The Morgan fingerprint density at radius 3 is 2.55 bits per heavy atom. The largest absolute Gasteiger partial charge is 0.489 e. The lowest BCUT2D eigenvalue weighted by Gasteiger charge is -2.08. The first-order valence-corrected chi connectivity index (χ1v) is 6.85. The summed E-state index contributed by atoms with van der Waals surface area (Å²) in [5.41, 5.74) is 8.32. The van der Waals surface area contributed by atoms with Crippen LogP contribution in [0.15, 0.2) is 52.1 Å². The summed E-state index contributed by atoms with van der Waals surface area (Å²) in [5.74, 6) is 0.923. The third-order valence-electron chi connectivity index (χ3n) is 2.89. The number of hydrogen-bond donors (Lipinski definition) is 2. The fourth-order valence-corrected chi connectivity index (χ4v) is 1.95. The molecule has 0 bridgehead atoms. The highest BCUT2D eigenvalue weighted by atomic mass is 79.9. The monoisotopic (exact) mass is 334 g/mol. The second kappa shape index (κ2) is 6.43. The van der Waals surface area contributed by atoms with E-state index in [4.69, 9.17) is 15.7 Å². The molecule has 0 aliphatic rings. The minimum absolute atomic E-state index is 0.0982. The van der Waals surface area contributed by atoms with Crippen LogP contribution in [-0.4, -0.2) is 11.0 Å². The van der Waals surface area contributed by atoms with Crippen molar-refractivity contribution in [3.63, 3.8) is 0 Å². The molecule has 0 saturated carbocycles. The number of oxime groups is 1. The van der Waals surface area contributed by atoms with E-state index in [1.54, 1.807) is 12.1 Å². The van der Waals surface area contributed by atoms with Crippen molar-refractivity contribution in [3.8, 4) is 5.75 Å². The highest BCUT2D eigenvalue weighted by Gasteiger charge is 2.01. The van der Waals surface area contributed by atoms with E-state index in [2.05, 4.69) is 21.1 Å². The van der Waals surface area contributed by atoms with Gasteiger partial charge in [0.05, 0.1) is 0 Å². The summed E-state index contributed by atoms with van der Waals surface area (Å²) in [6, 6.07) is 13.2. The van der Waals surface area contributed by atoms with Crippen LogP contribution in [0.5, 0.6) is 5.75 Å². The smallest absolute Gasteiger partial charge is 0.170 e. The van der Waals surface area contributed by atoms with E-state index >= 15 is 0 Å². The second-order valence-electron chi connectivity index (χ2n) is 4.38. The highest BCUT2D eigenvalue weighted by molar-refractivity contribution is 9.10. The normalized spacial score (nSPS) is 11.4. The van der Waals surface area contributed by atoms with Crippen molar-refractivity contribution in [1.29, 1.82) is 0 Å². The van der Waals surface area contributed by atoms with Gasteiger partial charge in [0.1, 0.15) is 12.4 Å². The predicted molar refractivity (Wildman–Crippen MR) is 82.2 cm³/mol. The van der Waals surface area contributed by atoms with Crippen molar-refractivity contribution in [2.45, 2.75) is 13.5 Å². The summed E-state index contributed by atoms with van der Waals surface area (Å²) >= 11 is 3.45. The SMILES string of the molecule is Cc1cc(OCc2ccc(/C(N)=N/O)cc2)ccc1Br. The Bertz CT molecular complexity index is 624. The van der Waals surface area contributed by atoms with Gasteiger partial charge in [0.15, 0.2) is 5.84 Å². The Labute approximate surface area is 126 Å². The van der Waals surface area contributed by atoms with E-state index in [-0.39, 0.29) is 5.84 Å². The Balaban J connectivity index is 2.02. The predicted octanol–water partition coefficient (Wildman–Crippen LogP) is 3.43. The van der Waals surface area contributed by atoms with Gasteiger partial charge in [0.2, 0.25) is 0 Å². The van der Waals surface area contributed by atoms with Gasteiger partial charge in [-0.1, -0.05) is 45.4 Å². The lowest BCUT2D eigenvalue weighted by molar-refractivity contribution is 0.306. The van der Waals surface area contributed by atoms with Crippen LogP contribution in [-0.2, 0) is 6.61 Å². The van der Waals surface area contributed by atoms with Crippen LogP contribution in [0.25, 0.3) is 0 Å². The Hall–Kier alpha value is -2.01. The van der Waals surface area contributed by atoms with Gasteiger partial charge in [0.25, 0.3) is 0 Å². The van der Waals surface area contributed by atoms with Crippen molar-refractivity contribution < 1.29 is 9.94 Å². The van der Waals surface area contributed by atoms with Crippen molar-refractivity contribution in [2.24, 2.45) is 10.9 Å². The van der Waals surface area contributed by atoms with Gasteiger partial charge in [0, 0.05) is 10.0 Å². The first-order chi connectivity index (χ1) is 9.60. The quantitative estimate of drug-likeness (QED) is 0.389. The van der Waals surface area contributed by atoms with Gasteiger partial charge >= 0.3 is 0 Å². The summed E-state index contributed by atoms with van der Waals surface area (Å²) in [5, 5.41) is 11.6. The van der Waals surface area contributed by atoms with Crippen molar-refractivity contribution in [2.75, 3.05) is 0 Å². The summed E-state index contributed by atoms with van der Waals surface area (Å²) < 4.78 is 6.79. The molecule has 4 nitrogen and oxygen atoms in total. The van der Waals surface area contributed by atoms with Crippen molar-refractivity contribution in [1.82, 2.24) is 0 Å².